The van der Waals surface area contributed by atoms with Gasteiger partial charge in [0, 0.05) is 32.7 Å². The first kappa shape index (κ1) is 14.0. The van der Waals surface area contributed by atoms with E-state index in [0.29, 0.717) is 13.0 Å². The van der Waals surface area contributed by atoms with Crippen LogP contribution in [0.5, 0.6) is 0 Å². The second-order valence-corrected chi connectivity index (χ2v) is 5.03. The van der Waals surface area contributed by atoms with Crippen LogP contribution in [-0.4, -0.2) is 62.1 Å². The van der Waals surface area contributed by atoms with Crippen LogP contribution < -0.4 is 0 Å². The Morgan fingerprint density at radius 2 is 1.84 bits per heavy atom. The standard InChI is InChI=1S/C15H22N2O2/c1-16-7-9-17(10-8-16)11-12-19-15(18)13-14-5-3-2-4-6-14/h2-6H,7-13H2,1H3. The van der Waals surface area contributed by atoms with E-state index in [-0.39, 0.29) is 5.97 Å². The van der Waals surface area contributed by atoms with E-state index in [2.05, 4.69) is 16.8 Å². The van der Waals surface area contributed by atoms with Gasteiger partial charge < -0.3 is 9.64 Å². The van der Waals surface area contributed by atoms with E-state index in [1.165, 1.54) is 0 Å². The van der Waals surface area contributed by atoms with Crippen LogP contribution in [0.3, 0.4) is 0 Å². The second-order valence-electron chi connectivity index (χ2n) is 5.03. The van der Waals surface area contributed by atoms with E-state index in [4.69, 9.17) is 4.74 Å². The quantitative estimate of drug-likeness (QED) is 0.742. The van der Waals surface area contributed by atoms with Crippen LogP contribution in [0.2, 0.25) is 0 Å². The van der Waals surface area contributed by atoms with Gasteiger partial charge in [-0.05, 0) is 12.6 Å². The topological polar surface area (TPSA) is 32.8 Å². The molecule has 4 heteroatoms. The fourth-order valence-corrected chi connectivity index (χ4v) is 2.17. The summed E-state index contributed by atoms with van der Waals surface area (Å²) in [4.78, 5) is 16.3. The van der Waals surface area contributed by atoms with E-state index in [1.807, 2.05) is 30.3 Å². The van der Waals surface area contributed by atoms with Gasteiger partial charge in [-0.1, -0.05) is 30.3 Å². The fourth-order valence-electron chi connectivity index (χ4n) is 2.17. The van der Waals surface area contributed by atoms with Gasteiger partial charge >= 0.3 is 5.97 Å². The van der Waals surface area contributed by atoms with Crippen LogP contribution in [0.4, 0.5) is 0 Å². The molecule has 0 amide bonds. The minimum atomic E-state index is -0.139. The average Bonchev–Trinajstić information content (AvgIpc) is 2.42. The summed E-state index contributed by atoms with van der Waals surface area (Å²) >= 11 is 0. The number of carbonyl (C=O) groups is 1. The molecule has 4 nitrogen and oxygen atoms in total. The van der Waals surface area contributed by atoms with Crippen LogP contribution in [0.15, 0.2) is 30.3 Å². The molecule has 1 saturated heterocycles. The number of esters is 1. The molecule has 0 N–H and O–H groups in total. The van der Waals surface area contributed by atoms with Gasteiger partial charge in [-0.2, -0.15) is 0 Å². The summed E-state index contributed by atoms with van der Waals surface area (Å²) in [6, 6.07) is 9.71. The highest BCUT2D eigenvalue weighted by molar-refractivity contribution is 5.72. The monoisotopic (exact) mass is 262 g/mol. The molecular formula is C15H22N2O2. The van der Waals surface area contributed by atoms with Gasteiger partial charge in [0.05, 0.1) is 6.42 Å². The summed E-state index contributed by atoms with van der Waals surface area (Å²) in [6.07, 6.45) is 0.365. The van der Waals surface area contributed by atoms with Gasteiger partial charge in [0.2, 0.25) is 0 Å². The maximum absolute atomic E-state index is 11.7. The maximum atomic E-state index is 11.7. The third kappa shape index (κ3) is 5.01. The van der Waals surface area contributed by atoms with Crippen molar-refractivity contribution < 1.29 is 9.53 Å². The molecule has 1 aliphatic rings. The Balaban J connectivity index is 1.62. The summed E-state index contributed by atoms with van der Waals surface area (Å²) in [7, 11) is 2.14. The molecule has 19 heavy (non-hydrogen) atoms. The highest BCUT2D eigenvalue weighted by Crippen LogP contribution is 2.02. The Bertz CT molecular complexity index is 386. The van der Waals surface area contributed by atoms with Crippen molar-refractivity contribution in [1.82, 2.24) is 9.80 Å². The first-order valence-corrected chi connectivity index (χ1v) is 6.84. The lowest BCUT2D eigenvalue weighted by atomic mass is 10.2. The van der Waals surface area contributed by atoms with Crippen molar-refractivity contribution in [3.8, 4) is 0 Å². The Morgan fingerprint density at radius 3 is 2.53 bits per heavy atom. The number of likely N-dealkylation sites (N-methyl/N-ethyl adjacent to an activating group) is 1. The number of nitrogens with zero attached hydrogens (tertiary/aromatic N) is 2. The Labute approximate surface area is 115 Å². The van der Waals surface area contributed by atoms with E-state index in [1.54, 1.807) is 0 Å². The minimum absolute atomic E-state index is 0.139. The molecule has 0 atom stereocenters. The first-order chi connectivity index (χ1) is 9.24. The molecule has 0 radical (unpaired) electrons. The average molecular weight is 262 g/mol. The molecule has 0 unspecified atom stereocenters. The molecular weight excluding hydrogens is 240 g/mol. The summed E-state index contributed by atoms with van der Waals surface area (Å²) < 4.78 is 5.28. The summed E-state index contributed by atoms with van der Waals surface area (Å²) in [5.41, 5.74) is 1.01. The van der Waals surface area contributed by atoms with E-state index >= 15 is 0 Å². The number of hydrogen-bond acceptors (Lipinski definition) is 4. The number of piperazine rings is 1. The highest BCUT2D eigenvalue weighted by Gasteiger charge is 2.13. The third-order valence-corrected chi connectivity index (χ3v) is 3.46. The lowest BCUT2D eigenvalue weighted by Gasteiger charge is -2.32. The SMILES string of the molecule is CN1CCN(CCOC(=O)Cc2ccccc2)CC1. The van der Waals surface area contributed by atoms with E-state index < -0.39 is 0 Å². The third-order valence-electron chi connectivity index (χ3n) is 3.46. The van der Waals surface area contributed by atoms with Gasteiger partial charge in [0.1, 0.15) is 6.61 Å². The van der Waals surface area contributed by atoms with Crippen LogP contribution in [0.1, 0.15) is 5.56 Å². The maximum Gasteiger partial charge on any atom is 0.310 e. The second kappa shape index (κ2) is 7.26. The molecule has 0 bridgehead atoms. The van der Waals surface area contributed by atoms with Gasteiger partial charge in [0.15, 0.2) is 0 Å². The highest BCUT2D eigenvalue weighted by atomic mass is 16.5. The van der Waals surface area contributed by atoms with Crippen molar-refractivity contribution in [1.29, 1.82) is 0 Å². The van der Waals surface area contributed by atoms with Crippen LogP contribution >= 0.6 is 0 Å². The van der Waals surface area contributed by atoms with Gasteiger partial charge in [0.25, 0.3) is 0 Å². The molecule has 1 heterocycles. The zero-order valence-electron chi connectivity index (χ0n) is 11.5. The molecule has 1 aliphatic heterocycles. The van der Waals surface area contributed by atoms with Crippen LogP contribution in [0.25, 0.3) is 0 Å². The lowest BCUT2D eigenvalue weighted by Crippen LogP contribution is -2.45. The number of ether oxygens (including phenoxy) is 1. The zero-order chi connectivity index (χ0) is 13.5. The summed E-state index contributed by atoms with van der Waals surface area (Å²) in [5.74, 6) is -0.139. The van der Waals surface area contributed by atoms with E-state index in [0.717, 1.165) is 38.3 Å². The number of hydrogen-bond donors (Lipinski definition) is 0. The molecule has 0 saturated carbocycles. The summed E-state index contributed by atoms with van der Waals surface area (Å²) in [6.45, 7) is 5.65. The van der Waals surface area contributed by atoms with Crippen LogP contribution in [0, 0.1) is 0 Å². The molecule has 2 rings (SSSR count). The van der Waals surface area contributed by atoms with Crippen molar-refractivity contribution in [3.05, 3.63) is 35.9 Å². The molecule has 1 fully saturated rings. The van der Waals surface area contributed by atoms with Crippen molar-refractivity contribution in [2.24, 2.45) is 0 Å². The fraction of sp³-hybridized carbons (Fsp3) is 0.533. The Hall–Kier alpha value is -1.39. The van der Waals surface area contributed by atoms with E-state index in [9.17, 15) is 4.79 Å². The summed E-state index contributed by atoms with van der Waals surface area (Å²) in [5, 5.41) is 0. The largest absolute Gasteiger partial charge is 0.464 e. The number of rotatable bonds is 5. The first-order valence-electron chi connectivity index (χ1n) is 6.84. The van der Waals surface area contributed by atoms with Gasteiger partial charge in [-0.3, -0.25) is 9.69 Å². The Morgan fingerprint density at radius 1 is 1.16 bits per heavy atom. The van der Waals surface area contributed by atoms with Crippen molar-refractivity contribution in [3.63, 3.8) is 0 Å². The van der Waals surface area contributed by atoms with Crippen molar-refractivity contribution in [2.45, 2.75) is 6.42 Å². The normalized spacial score (nSPS) is 17.3. The molecule has 1 aromatic carbocycles. The molecule has 1 aromatic rings. The minimum Gasteiger partial charge on any atom is -0.464 e. The number of carbonyl (C=O) groups excluding carboxylic acids is 1. The molecule has 0 aliphatic carbocycles. The van der Waals surface area contributed by atoms with Crippen LogP contribution in [-0.2, 0) is 16.0 Å². The molecule has 0 aromatic heterocycles. The van der Waals surface area contributed by atoms with Gasteiger partial charge in [-0.15, -0.1) is 0 Å². The zero-order valence-corrected chi connectivity index (χ0v) is 11.5. The predicted octanol–water partition coefficient (Wildman–Crippen LogP) is 1.02. The lowest BCUT2D eigenvalue weighted by molar-refractivity contribution is -0.143. The predicted molar refractivity (Wildman–Crippen MR) is 75.0 cm³/mol. The number of benzene rings is 1. The molecule has 104 valence electrons. The Kier molecular flexibility index (Phi) is 5.36. The van der Waals surface area contributed by atoms with Crippen molar-refractivity contribution in [2.75, 3.05) is 46.4 Å². The molecule has 0 spiro atoms. The smallest absolute Gasteiger partial charge is 0.310 e. The van der Waals surface area contributed by atoms with Crippen molar-refractivity contribution >= 4 is 5.97 Å². The van der Waals surface area contributed by atoms with Gasteiger partial charge in [-0.25, -0.2) is 0 Å².